The molecule has 5 nitrogen and oxygen atoms in total. The zero-order valence-electron chi connectivity index (χ0n) is 12.4. The monoisotopic (exact) mass is 304 g/mol. The molecule has 112 valence electrons. The van der Waals surface area contributed by atoms with E-state index in [0.29, 0.717) is 11.6 Å². The lowest BCUT2D eigenvalue weighted by atomic mass is 10.0. The highest BCUT2D eigenvalue weighted by atomic mass is 32.1. The van der Waals surface area contributed by atoms with Gasteiger partial charge in [0.25, 0.3) is 5.91 Å². The lowest BCUT2D eigenvalue weighted by molar-refractivity contribution is 0.0605. The summed E-state index contributed by atoms with van der Waals surface area (Å²) in [6, 6.07) is 0.108. The van der Waals surface area contributed by atoms with Gasteiger partial charge in [0.1, 0.15) is 16.5 Å². The molecular weight excluding hydrogens is 284 g/mol. The first-order valence-electron chi connectivity index (χ1n) is 7.42. The van der Waals surface area contributed by atoms with E-state index >= 15 is 0 Å². The zero-order chi connectivity index (χ0) is 14.8. The molecule has 1 aliphatic rings. The number of piperidine rings is 1. The summed E-state index contributed by atoms with van der Waals surface area (Å²) in [5, 5.41) is 3.01. The van der Waals surface area contributed by atoms with Crippen LogP contribution in [-0.2, 0) is 0 Å². The predicted octanol–water partition coefficient (Wildman–Crippen LogP) is 3.36. The molecule has 0 aromatic carbocycles. The van der Waals surface area contributed by atoms with Crippen LogP contribution >= 0.6 is 11.3 Å². The number of aromatic amines is 1. The van der Waals surface area contributed by atoms with Gasteiger partial charge in [0.05, 0.1) is 12.2 Å². The van der Waals surface area contributed by atoms with Gasteiger partial charge in [-0.15, -0.1) is 11.3 Å². The van der Waals surface area contributed by atoms with Crippen LogP contribution in [0, 0.1) is 0 Å². The lowest BCUT2D eigenvalue weighted by Gasteiger charge is -2.34. The molecule has 6 heteroatoms. The molecule has 1 fully saturated rings. The van der Waals surface area contributed by atoms with Crippen molar-refractivity contribution in [2.75, 3.05) is 6.54 Å². The number of amides is 1. The maximum absolute atomic E-state index is 12.8. The molecular formula is C15H20N4OS. The van der Waals surface area contributed by atoms with E-state index < -0.39 is 0 Å². The predicted molar refractivity (Wildman–Crippen MR) is 82.4 cm³/mol. The molecule has 21 heavy (non-hydrogen) atoms. The maximum Gasteiger partial charge on any atom is 0.272 e. The van der Waals surface area contributed by atoms with Crippen LogP contribution in [0.15, 0.2) is 17.8 Å². The molecule has 0 bridgehead atoms. The molecule has 3 heterocycles. The number of carbonyl (C=O) groups excluding carboxylic acids is 1. The van der Waals surface area contributed by atoms with Crippen LogP contribution in [0.25, 0.3) is 0 Å². The summed E-state index contributed by atoms with van der Waals surface area (Å²) in [5.41, 5.74) is 0.585. The smallest absolute Gasteiger partial charge is 0.272 e. The van der Waals surface area contributed by atoms with Crippen LogP contribution in [0.2, 0.25) is 0 Å². The summed E-state index contributed by atoms with van der Waals surface area (Å²) in [6.45, 7) is 4.91. The molecule has 1 aliphatic heterocycles. The Hall–Kier alpha value is -1.69. The quantitative estimate of drug-likeness (QED) is 0.945. The second-order valence-electron chi connectivity index (χ2n) is 5.72. The third-order valence-corrected chi connectivity index (χ3v) is 4.75. The molecule has 1 atom stereocenters. The summed E-state index contributed by atoms with van der Waals surface area (Å²) >= 11 is 1.63. The fourth-order valence-electron chi connectivity index (χ4n) is 2.72. The highest BCUT2D eigenvalue weighted by Gasteiger charge is 2.31. The number of likely N-dealkylation sites (tertiary alicyclic amines) is 1. The van der Waals surface area contributed by atoms with Crippen molar-refractivity contribution in [1.82, 2.24) is 19.9 Å². The molecule has 1 amide bonds. The second-order valence-corrected chi connectivity index (χ2v) is 6.64. The molecule has 3 rings (SSSR count). The number of hydrogen-bond acceptors (Lipinski definition) is 4. The van der Waals surface area contributed by atoms with Crippen LogP contribution in [0.4, 0.5) is 0 Å². The minimum atomic E-state index is 0.0364. The van der Waals surface area contributed by atoms with Crippen molar-refractivity contribution in [3.05, 3.63) is 34.3 Å². The summed E-state index contributed by atoms with van der Waals surface area (Å²) in [6.07, 6.45) is 6.66. The van der Waals surface area contributed by atoms with Crippen LogP contribution in [0.5, 0.6) is 0 Å². The van der Waals surface area contributed by atoms with Gasteiger partial charge in [0.2, 0.25) is 0 Å². The van der Waals surface area contributed by atoms with E-state index in [9.17, 15) is 4.79 Å². The largest absolute Gasteiger partial charge is 0.338 e. The van der Waals surface area contributed by atoms with Crippen molar-refractivity contribution in [1.29, 1.82) is 0 Å². The van der Waals surface area contributed by atoms with Crippen LogP contribution in [0.3, 0.4) is 0 Å². The average molecular weight is 304 g/mol. The summed E-state index contributed by atoms with van der Waals surface area (Å²) in [4.78, 5) is 26.6. The molecule has 0 spiro atoms. The van der Waals surface area contributed by atoms with Crippen molar-refractivity contribution in [2.24, 2.45) is 0 Å². The van der Waals surface area contributed by atoms with Gasteiger partial charge in [-0.3, -0.25) is 4.79 Å². The van der Waals surface area contributed by atoms with E-state index in [0.717, 1.165) is 36.6 Å². The Morgan fingerprint density at radius 3 is 2.95 bits per heavy atom. The summed E-state index contributed by atoms with van der Waals surface area (Å²) in [5.74, 6) is 1.19. The van der Waals surface area contributed by atoms with Crippen molar-refractivity contribution in [2.45, 2.75) is 45.1 Å². The molecule has 0 aliphatic carbocycles. The summed E-state index contributed by atoms with van der Waals surface area (Å²) < 4.78 is 0. The number of rotatable bonds is 3. The second kappa shape index (κ2) is 5.97. The van der Waals surface area contributed by atoms with Crippen LogP contribution < -0.4 is 0 Å². The number of imidazole rings is 1. The number of hydrogen-bond donors (Lipinski definition) is 1. The van der Waals surface area contributed by atoms with Gasteiger partial charge in [-0.2, -0.15) is 0 Å². The Bertz CT molecular complexity index is 605. The fraction of sp³-hybridized carbons (Fsp3) is 0.533. The first-order chi connectivity index (χ1) is 10.2. The number of H-pyrrole nitrogens is 1. The Balaban J connectivity index is 1.83. The Morgan fingerprint density at radius 2 is 2.29 bits per heavy atom. The molecule has 0 unspecified atom stereocenters. The van der Waals surface area contributed by atoms with Crippen molar-refractivity contribution >= 4 is 17.2 Å². The molecule has 0 radical (unpaired) electrons. The number of nitrogens with one attached hydrogen (secondary N) is 1. The van der Waals surface area contributed by atoms with E-state index in [1.54, 1.807) is 17.5 Å². The van der Waals surface area contributed by atoms with Gasteiger partial charge >= 0.3 is 0 Å². The minimum absolute atomic E-state index is 0.0364. The van der Waals surface area contributed by atoms with Crippen molar-refractivity contribution in [3.63, 3.8) is 0 Å². The molecule has 1 N–H and O–H groups in total. The third-order valence-electron chi connectivity index (χ3n) is 3.87. The van der Waals surface area contributed by atoms with Gasteiger partial charge in [0, 0.05) is 24.0 Å². The van der Waals surface area contributed by atoms with E-state index in [-0.39, 0.29) is 11.9 Å². The van der Waals surface area contributed by atoms with E-state index in [4.69, 9.17) is 0 Å². The third kappa shape index (κ3) is 2.85. The van der Waals surface area contributed by atoms with Gasteiger partial charge in [0.15, 0.2) is 0 Å². The van der Waals surface area contributed by atoms with Crippen molar-refractivity contribution in [3.8, 4) is 0 Å². The standard InChI is InChI=1S/C15H20N4OS/c1-10(2)13-17-9-11(18-13)15(20)19-7-4-3-5-12(19)14-16-6-8-21-14/h6,8-10,12H,3-5,7H2,1-2H3,(H,17,18)/t12-/m0/s1. The topological polar surface area (TPSA) is 61.9 Å². The average Bonchev–Trinajstić information content (AvgIpc) is 3.18. The normalized spacial score (nSPS) is 19.2. The van der Waals surface area contributed by atoms with Gasteiger partial charge < -0.3 is 9.88 Å². The van der Waals surface area contributed by atoms with Crippen LogP contribution in [0.1, 0.15) is 66.4 Å². The number of thiazole rings is 1. The fourth-order valence-corrected chi connectivity index (χ4v) is 3.51. The Kier molecular flexibility index (Phi) is 4.05. The van der Waals surface area contributed by atoms with E-state index in [1.807, 2.05) is 16.5 Å². The number of nitrogens with zero attached hydrogens (tertiary/aromatic N) is 3. The molecule has 1 saturated heterocycles. The maximum atomic E-state index is 12.8. The van der Waals surface area contributed by atoms with E-state index in [2.05, 4.69) is 28.8 Å². The molecule has 2 aromatic heterocycles. The highest BCUT2D eigenvalue weighted by Crippen LogP contribution is 2.33. The first-order valence-corrected chi connectivity index (χ1v) is 8.30. The highest BCUT2D eigenvalue weighted by molar-refractivity contribution is 7.09. The van der Waals surface area contributed by atoms with Gasteiger partial charge in [-0.25, -0.2) is 9.97 Å². The van der Waals surface area contributed by atoms with Gasteiger partial charge in [-0.1, -0.05) is 13.8 Å². The van der Waals surface area contributed by atoms with Crippen LogP contribution in [-0.4, -0.2) is 32.3 Å². The van der Waals surface area contributed by atoms with Gasteiger partial charge in [-0.05, 0) is 19.3 Å². The first kappa shape index (κ1) is 14.3. The molecule has 2 aromatic rings. The SMILES string of the molecule is CC(C)c1ncc(C(=O)N2CCCC[C@H]2c2nccs2)[nH]1. The molecule has 0 saturated carbocycles. The number of aromatic nitrogens is 3. The zero-order valence-corrected chi connectivity index (χ0v) is 13.2. The Labute approximate surface area is 128 Å². The number of carbonyl (C=O) groups is 1. The lowest BCUT2D eigenvalue weighted by Crippen LogP contribution is -2.38. The van der Waals surface area contributed by atoms with Crippen molar-refractivity contribution < 1.29 is 4.79 Å². The Morgan fingerprint density at radius 1 is 1.43 bits per heavy atom. The minimum Gasteiger partial charge on any atom is -0.338 e. The summed E-state index contributed by atoms with van der Waals surface area (Å²) in [7, 11) is 0. The van der Waals surface area contributed by atoms with E-state index in [1.165, 1.54) is 0 Å².